The van der Waals surface area contributed by atoms with E-state index >= 15 is 0 Å². The molecular formula is C24H33N5O6. The smallest absolute Gasteiger partial charge is 0.408 e. The fourth-order valence-electron chi connectivity index (χ4n) is 4.44. The Morgan fingerprint density at radius 2 is 2.00 bits per heavy atom. The van der Waals surface area contributed by atoms with Crippen molar-refractivity contribution in [3.63, 3.8) is 0 Å². The Kier molecular flexibility index (Phi) is 7.21. The number of carbonyl (C=O) groups excluding carboxylic acids is 3. The highest BCUT2D eigenvalue weighted by Gasteiger charge is 2.47. The Balaban J connectivity index is 1.95. The number of alkyl carbamates (subject to hydrolysis) is 1. The molecule has 1 aromatic heterocycles. The zero-order chi connectivity index (χ0) is 26.1. The quantitative estimate of drug-likeness (QED) is 0.636. The number of nitrogens with zero attached hydrogens (tertiary/aromatic N) is 4. The summed E-state index contributed by atoms with van der Waals surface area (Å²) in [5.74, 6) is 0.414. The van der Waals surface area contributed by atoms with Crippen LogP contribution in [0.3, 0.4) is 0 Å². The Labute approximate surface area is 204 Å². The fraction of sp³-hybridized carbons (Fsp3) is 0.542. The molecule has 0 spiro atoms. The molecule has 11 nitrogen and oxygen atoms in total. The van der Waals surface area contributed by atoms with E-state index in [2.05, 4.69) is 15.5 Å². The summed E-state index contributed by atoms with van der Waals surface area (Å²) >= 11 is 0. The van der Waals surface area contributed by atoms with Crippen LogP contribution in [0.2, 0.25) is 0 Å². The van der Waals surface area contributed by atoms with Crippen molar-refractivity contribution < 1.29 is 28.8 Å². The molecule has 1 aliphatic rings. The van der Waals surface area contributed by atoms with Crippen LogP contribution in [0, 0.1) is 0 Å². The van der Waals surface area contributed by atoms with E-state index in [-0.39, 0.29) is 41.2 Å². The molecule has 0 bridgehead atoms. The van der Waals surface area contributed by atoms with Gasteiger partial charge in [0.25, 0.3) is 5.89 Å². The van der Waals surface area contributed by atoms with Gasteiger partial charge in [-0.15, -0.1) is 0 Å². The van der Waals surface area contributed by atoms with Crippen molar-refractivity contribution in [3.05, 3.63) is 29.6 Å². The maximum atomic E-state index is 12.7. The topological polar surface area (TPSA) is 138 Å². The lowest BCUT2D eigenvalue weighted by Crippen LogP contribution is -2.60. The average molecular weight is 488 g/mol. The van der Waals surface area contributed by atoms with Crippen molar-refractivity contribution >= 4 is 23.8 Å². The van der Waals surface area contributed by atoms with Gasteiger partial charge in [-0.05, 0) is 46.8 Å². The van der Waals surface area contributed by atoms with Gasteiger partial charge in [0.05, 0.1) is 32.6 Å². The van der Waals surface area contributed by atoms with Crippen LogP contribution in [0.4, 0.5) is 15.3 Å². The fourth-order valence-corrected chi connectivity index (χ4v) is 4.44. The van der Waals surface area contributed by atoms with Gasteiger partial charge in [0, 0.05) is 30.2 Å². The molecule has 1 N–H and O–H groups in total. The number of carboxylic acid groups (broad SMARTS) is 1. The Bertz CT molecular complexity index is 1120. The van der Waals surface area contributed by atoms with Crippen molar-refractivity contribution in [2.24, 2.45) is 0 Å². The van der Waals surface area contributed by atoms with Crippen LogP contribution >= 0.6 is 0 Å². The summed E-state index contributed by atoms with van der Waals surface area (Å²) < 4.78 is 10.6. The van der Waals surface area contributed by atoms with Crippen molar-refractivity contribution in [1.82, 2.24) is 24.8 Å². The maximum absolute atomic E-state index is 12.7. The van der Waals surface area contributed by atoms with E-state index in [1.807, 2.05) is 14.0 Å². The van der Waals surface area contributed by atoms with Crippen molar-refractivity contribution in [2.75, 3.05) is 13.6 Å². The second-order valence-corrected chi connectivity index (χ2v) is 9.89. The SMILES string of the molecule is CCN(C(=O)[O-])[C@@H]1C[C@H](C)[N+](C)(C(C)=O)c2ccc(-c3nc(CNC(=O)OC(C)(C)C)no3)cc21. The number of carbonyl (C=O) groups is 3. The van der Waals surface area contributed by atoms with Crippen LogP contribution in [0.5, 0.6) is 0 Å². The lowest BCUT2D eigenvalue weighted by Gasteiger charge is -2.46. The van der Waals surface area contributed by atoms with E-state index < -0.39 is 23.8 Å². The van der Waals surface area contributed by atoms with Gasteiger partial charge in [-0.1, -0.05) is 5.16 Å². The van der Waals surface area contributed by atoms with Gasteiger partial charge in [0.1, 0.15) is 17.4 Å². The molecule has 0 fully saturated rings. The monoisotopic (exact) mass is 487 g/mol. The summed E-state index contributed by atoms with van der Waals surface area (Å²) in [6.45, 7) is 10.8. The van der Waals surface area contributed by atoms with Crippen LogP contribution in [-0.4, -0.2) is 58.4 Å². The highest BCUT2D eigenvalue weighted by molar-refractivity contribution is 5.89. The minimum atomic E-state index is -1.27. The third-order valence-electron chi connectivity index (χ3n) is 6.44. The molecule has 3 atom stereocenters. The lowest BCUT2D eigenvalue weighted by atomic mass is 9.87. The molecule has 0 saturated carbocycles. The summed E-state index contributed by atoms with van der Waals surface area (Å²) in [5.41, 5.74) is 1.35. The van der Waals surface area contributed by atoms with Crippen LogP contribution in [-0.2, 0) is 16.1 Å². The zero-order valence-electron chi connectivity index (χ0n) is 21.2. The molecule has 3 amide bonds. The molecule has 0 saturated heterocycles. The van der Waals surface area contributed by atoms with E-state index in [0.717, 1.165) is 5.69 Å². The van der Waals surface area contributed by atoms with Gasteiger partial charge in [-0.2, -0.15) is 4.98 Å². The average Bonchev–Trinajstić information content (AvgIpc) is 3.23. The number of hydrogen-bond acceptors (Lipinski definition) is 8. The summed E-state index contributed by atoms with van der Waals surface area (Å²) in [4.78, 5) is 42.1. The Morgan fingerprint density at radius 3 is 2.57 bits per heavy atom. The number of hydrogen-bond donors (Lipinski definition) is 1. The normalized spacial score (nSPS) is 21.7. The van der Waals surface area contributed by atoms with Crippen LogP contribution < -0.4 is 14.9 Å². The highest BCUT2D eigenvalue weighted by Crippen LogP contribution is 2.45. The van der Waals surface area contributed by atoms with Gasteiger partial charge in [0.15, 0.2) is 5.82 Å². The first-order valence-electron chi connectivity index (χ1n) is 11.6. The van der Waals surface area contributed by atoms with Crippen molar-refractivity contribution in [1.29, 1.82) is 0 Å². The number of ether oxygens (including phenoxy) is 1. The predicted octanol–water partition coefficient (Wildman–Crippen LogP) is 2.74. The number of rotatable bonds is 5. The number of quaternary nitrogens is 1. The van der Waals surface area contributed by atoms with Crippen LogP contribution in [0.15, 0.2) is 22.7 Å². The minimum absolute atomic E-state index is 0.0110. The second-order valence-electron chi connectivity index (χ2n) is 9.89. The molecule has 0 aliphatic carbocycles. The molecule has 2 aromatic rings. The number of fused-ring (bicyclic) bond motifs is 1. The largest absolute Gasteiger partial charge is 0.530 e. The van der Waals surface area contributed by atoms with E-state index in [1.54, 1.807) is 45.9 Å². The molecule has 190 valence electrons. The summed E-state index contributed by atoms with van der Waals surface area (Å²) in [6, 6.07) is 4.73. The van der Waals surface area contributed by atoms with Crippen molar-refractivity contribution in [2.45, 2.75) is 72.2 Å². The van der Waals surface area contributed by atoms with E-state index in [1.165, 1.54) is 11.8 Å². The first-order valence-corrected chi connectivity index (χ1v) is 11.6. The first-order chi connectivity index (χ1) is 16.3. The Morgan fingerprint density at radius 1 is 1.31 bits per heavy atom. The van der Waals surface area contributed by atoms with Gasteiger partial charge in [0.2, 0.25) is 0 Å². The second kappa shape index (κ2) is 9.65. The summed E-state index contributed by atoms with van der Waals surface area (Å²) in [7, 11) is 1.84. The third kappa shape index (κ3) is 5.29. The van der Waals surface area contributed by atoms with Gasteiger partial charge >= 0.3 is 12.0 Å². The van der Waals surface area contributed by atoms with Gasteiger partial charge < -0.3 is 29.4 Å². The van der Waals surface area contributed by atoms with E-state index in [9.17, 15) is 19.5 Å². The molecule has 3 rings (SSSR count). The standard InChI is InChI=1S/C24H33N5O6/c1-8-28(23(32)33)18-11-14(2)29(7,15(3)30)19-10-9-16(12-17(18)19)21-26-20(27-35-21)13-25-22(31)34-24(4,5)6/h9-10,12,14,18H,8,11,13H2,1-7H3,(H-,25,31,32,33)/t14-,18+,29?/m0/s1. The first kappa shape index (κ1) is 26.1. The van der Waals surface area contributed by atoms with Crippen LogP contribution in [0.25, 0.3) is 11.5 Å². The molecule has 1 aromatic carbocycles. The summed E-state index contributed by atoms with van der Waals surface area (Å²) in [5, 5.41) is 18.4. The maximum Gasteiger partial charge on any atom is 0.408 e. The van der Waals surface area contributed by atoms with E-state index in [0.29, 0.717) is 17.5 Å². The van der Waals surface area contributed by atoms with Crippen molar-refractivity contribution in [3.8, 4) is 11.5 Å². The Hall–Kier alpha value is -3.47. The molecule has 11 heteroatoms. The predicted molar refractivity (Wildman–Crippen MR) is 126 cm³/mol. The summed E-state index contributed by atoms with van der Waals surface area (Å²) in [6.07, 6.45) is -1.42. The number of aromatic nitrogens is 2. The lowest BCUT2D eigenvalue weighted by molar-refractivity contribution is -0.268. The third-order valence-corrected chi connectivity index (χ3v) is 6.44. The van der Waals surface area contributed by atoms with E-state index in [4.69, 9.17) is 9.26 Å². The molecule has 35 heavy (non-hydrogen) atoms. The highest BCUT2D eigenvalue weighted by atomic mass is 16.6. The molecule has 1 unspecified atom stereocenters. The number of amides is 3. The number of nitrogens with one attached hydrogen (secondary N) is 1. The molecular weight excluding hydrogens is 454 g/mol. The molecule has 1 aliphatic heterocycles. The van der Waals surface area contributed by atoms with Gasteiger partial charge in [-0.25, -0.2) is 14.1 Å². The van der Waals surface area contributed by atoms with Crippen LogP contribution in [0.1, 0.15) is 65.4 Å². The zero-order valence-corrected chi connectivity index (χ0v) is 21.2. The molecule has 2 heterocycles. The minimum Gasteiger partial charge on any atom is -0.530 e. The molecule has 0 radical (unpaired) electrons. The van der Waals surface area contributed by atoms with Gasteiger partial charge in [-0.3, -0.25) is 0 Å². The number of benzene rings is 1.